The van der Waals surface area contributed by atoms with E-state index in [9.17, 15) is 9.59 Å². The summed E-state index contributed by atoms with van der Waals surface area (Å²) in [5.74, 6) is 0.555. The molecule has 6 heteroatoms. The highest BCUT2D eigenvalue weighted by Gasteiger charge is 2.06. The first-order chi connectivity index (χ1) is 12.1. The molecular weight excluding hydrogens is 318 g/mol. The third-order valence-electron chi connectivity index (χ3n) is 3.40. The largest absolute Gasteiger partial charge is 0.497 e. The van der Waals surface area contributed by atoms with Gasteiger partial charge in [0.15, 0.2) is 0 Å². The van der Waals surface area contributed by atoms with E-state index in [2.05, 4.69) is 22.5 Å². The Bertz CT molecular complexity index is 742. The lowest BCUT2D eigenvalue weighted by atomic mass is 10.2. The molecule has 2 aromatic carbocycles. The van der Waals surface area contributed by atoms with Gasteiger partial charge in [0.2, 0.25) is 0 Å². The summed E-state index contributed by atoms with van der Waals surface area (Å²) in [5.41, 5.74) is 2.05. The molecule has 0 unspecified atom stereocenters. The Labute approximate surface area is 146 Å². The summed E-state index contributed by atoms with van der Waals surface area (Å²) < 4.78 is 5.15. The van der Waals surface area contributed by atoms with Gasteiger partial charge in [-0.25, -0.2) is 4.79 Å². The van der Waals surface area contributed by atoms with E-state index in [1.165, 1.54) is 0 Å². The van der Waals surface area contributed by atoms with Crippen LogP contribution in [0.5, 0.6) is 5.75 Å². The highest BCUT2D eigenvalue weighted by atomic mass is 16.5. The molecule has 130 valence electrons. The molecule has 2 rings (SSSR count). The number of nitrogens with one attached hydrogen (secondary N) is 3. The maximum absolute atomic E-state index is 12.0. The van der Waals surface area contributed by atoms with Gasteiger partial charge in [-0.05, 0) is 42.0 Å². The molecule has 0 radical (unpaired) electrons. The molecule has 0 atom stereocenters. The molecule has 25 heavy (non-hydrogen) atoms. The summed E-state index contributed by atoms with van der Waals surface area (Å²) in [6.45, 7) is 4.33. The highest BCUT2D eigenvalue weighted by molar-refractivity contribution is 5.95. The van der Waals surface area contributed by atoms with Crippen molar-refractivity contribution in [1.29, 1.82) is 0 Å². The predicted molar refractivity (Wildman–Crippen MR) is 97.8 cm³/mol. The van der Waals surface area contributed by atoms with Crippen LogP contribution in [-0.2, 0) is 6.54 Å². The molecule has 0 heterocycles. The van der Waals surface area contributed by atoms with Crippen LogP contribution in [0, 0.1) is 0 Å². The number of methoxy groups -OCH3 is 1. The first kappa shape index (κ1) is 18.1. The van der Waals surface area contributed by atoms with Gasteiger partial charge in [-0.2, -0.15) is 0 Å². The van der Waals surface area contributed by atoms with Gasteiger partial charge in [0.25, 0.3) is 5.91 Å². The minimum Gasteiger partial charge on any atom is -0.497 e. The zero-order chi connectivity index (χ0) is 18.1. The molecule has 0 saturated heterocycles. The zero-order valence-corrected chi connectivity index (χ0v) is 14.0. The summed E-state index contributed by atoms with van der Waals surface area (Å²) in [6, 6.07) is 13.8. The second-order valence-electron chi connectivity index (χ2n) is 5.24. The predicted octanol–water partition coefficient (Wildman–Crippen LogP) is 2.93. The quantitative estimate of drug-likeness (QED) is 0.679. The van der Waals surface area contributed by atoms with Crippen molar-refractivity contribution in [2.75, 3.05) is 19.0 Å². The lowest BCUT2D eigenvalue weighted by molar-refractivity contribution is 0.0958. The molecule has 0 bridgehead atoms. The SMILES string of the molecule is C=CCNC(=O)c1ccc(NC(=O)NCc2cccc(OC)c2)cc1. The number of hydrogen-bond acceptors (Lipinski definition) is 3. The molecule has 2 aromatic rings. The molecule has 0 aliphatic rings. The van der Waals surface area contributed by atoms with Crippen molar-refractivity contribution in [2.24, 2.45) is 0 Å². The third kappa shape index (κ3) is 5.69. The van der Waals surface area contributed by atoms with Gasteiger partial charge in [0, 0.05) is 24.3 Å². The normalized spacial score (nSPS) is 9.80. The lowest BCUT2D eigenvalue weighted by Crippen LogP contribution is -2.28. The van der Waals surface area contributed by atoms with E-state index in [1.54, 1.807) is 37.5 Å². The van der Waals surface area contributed by atoms with E-state index in [-0.39, 0.29) is 11.9 Å². The van der Waals surface area contributed by atoms with Crippen LogP contribution >= 0.6 is 0 Å². The highest BCUT2D eigenvalue weighted by Crippen LogP contribution is 2.13. The van der Waals surface area contributed by atoms with E-state index in [4.69, 9.17) is 4.74 Å². The van der Waals surface area contributed by atoms with Crippen LogP contribution in [0.3, 0.4) is 0 Å². The maximum Gasteiger partial charge on any atom is 0.319 e. The number of rotatable bonds is 7. The second-order valence-corrected chi connectivity index (χ2v) is 5.24. The molecule has 0 aliphatic heterocycles. The van der Waals surface area contributed by atoms with Crippen LogP contribution < -0.4 is 20.7 Å². The number of ether oxygens (including phenoxy) is 1. The van der Waals surface area contributed by atoms with Gasteiger partial charge in [0.05, 0.1) is 7.11 Å². The van der Waals surface area contributed by atoms with Crippen molar-refractivity contribution >= 4 is 17.6 Å². The molecule has 3 amide bonds. The first-order valence-electron chi connectivity index (χ1n) is 7.79. The molecular formula is C19H21N3O3. The van der Waals surface area contributed by atoms with Crippen LogP contribution in [0.15, 0.2) is 61.2 Å². The fourth-order valence-corrected chi connectivity index (χ4v) is 2.11. The van der Waals surface area contributed by atoms with Gasteiger partial charge in [-0.1, -0.05) is 18.2 Å². The van der Waals surface area contributed by atoms with E-state index in [0.717, 1.165) is 11.3 Å². The van der Waals surface area contributed by atoms with Crippen LogP contribution in [0.25, 0.3) is 0 Å². The minimum atomic E-state index is -0.327. The van der Waals surface area contributed by atoms with Crippen LogP contribution in [0.1, 0.15) is 15.9 Å². The lowest BCUT2D eigenvalue weighted by Gasteiger charge is -2.09. The Kier molecular flexibility index (Phi) is 6.59. The van der Waals surface area contributed by atoms with Crippen molar-refractivity contribution < 1.29 is 14.3 Å². The van der Waals surface area contributed by atoms with Crippen LogP contribution in [0.2, 0.25) is 0 Å². The molecule has 0 aromatic heterocycles. The standard InChI is InChI=1S/C19H21N3O3/c1-3-11-20-18(23)15-7-9-16(10-8-15)22-19(24)21-13-14-5-4-6-17(12-14)25-2/h3-10,12H,1,11,13H2,2H3,(H,20,23)(H2,21,22,24). The van der Waals surface area contributed by atoms with E-state index >= 15 is 0 Å². The van der Waals surface area contributed by atoms with Crippen LogP contribution in [0.4, 0.5) is 10.5 Å². The Hall–Kier alpha value is -3.28. The molecule has 0 fully saturated rings. The fraction of sp³-hybridized carbons (Fsp3) is 0.158. The van der Waals surface area contributed by atoms with Gasteiger partial charge < -0.3 is 20.7 Å². The van der Waals surface area contributed by atoms with Gasteiger partial charge in [-0.15, -0.1) is 6.58 Å². The average molecular weight is 339 g/mol. The summed E-state index contributed by atoms with van der Waals surface area (Å²) in [7, 11) is 1.60. The van der Waals surface area contributed by atoms with Crippen molar-refractivity contribution in [1.82, 2.24) is 10.6 Å². The van der Waals surface area contributed by atoms with Gasteiger partial charge in [-0.3, -0.25) is 4.79 Å². The third-order valence-corrected chi connectivity index (χ3v) is 3.40. The van der Waals surface area contributed by atoms with E-state index < -0.39 is 0 Å². The maximum atomic E-state index is 12.0. The summed E-state index contributed by atoms with van der Waals surface area (Å²) in [4.78, 5) is 23.7. The smallest absolute Gasteiger partial charge is 0.319 e. The molecule has 6 nitrogen and oxygen atoms in total. The Morgan fingerprint density at radius 3 is 2.56 bits per heavy atom. The Morgan fingerprint density at radius 2 is 1.88 bits per heavy atom. The molecule has 0 spiro atoms. The molecule has 0 aliphatic carbocycles. The fourth-order valence-electron chi connectivity index (χ4n) is 2.11. The molecule has 3 N–H and O–H groups in total. The van der Waals surface area contributed by atoms with Crippen molar-refractivity contribution in [3.05, 3.63) is 72.3 Å². The first-order valence-corrected chi connectivity index (χ1v) is 7.79. The molecule has 0 saturated carbocycles. The van der Waals surface area contributed by atoms with Crippen molar-refractivity contribution in [3.8, 4) is 5.75 Å². The Morgan fingerprint density at radius 1 is 1.12 bits per heavy atom. The van der Waals surface area contributed by atoms with Gasteiger partial charge in [0.1, 0.15) is 5.75 Å². The van der Waals surface area contributed by atoms with Crippen LogP contribution in [-0.4, -0.2) is 25.6 Å². The summed E-state index contributed by atoms with van der Waals surface area (Å²) >= 11 is 0. The van der Waals surface area contributed by atoms with Gasteiger partial charge >= 0.3 is 6.03 Å². The van der Waals surface area contributed by atoms with E-state index in [0.29, 0.717) is 24.3 Å². The van der Waals surface area contributed by atoms with E-state index in [1.807, 2.05) is 24.3 Å². The topological polar surface area (TPSA) is 79.5 Å². The Balaban J connectivity index is 1.85. The number of amides is 3. The second kappa shape index (κ2) is 9.12. The number of carbonyl (C=O) groups excluding carboxylic acids is 2. The van der Waals surface area contributed by atoms with Crippen molar-refractivity contribution in [2.45, 2.75) is 6.54 Å². The number of urea groups is 1. The number of hydrogen-bond donors (Lipinski definition) is 3. The van der Waals surface area contributed by atoms with Crippen molar-refractivity contribution in [3.63, 3.8) is 0 Å². The number of carbonyl (C=O) groups is 2. The monoisotopic (exact) mass is 339 g/mol. The zero-order valence-electron chi connectivity index (χ0n) is 14.0. The number of anilines is 1. The summed E-state index contributed by atoms with van der Waals surface area (Å²) in [5, 5.41) is 8.18. The number of benzene rings is 2. The summed E-state index contributed by atoms with van der Waals surface area (Å²) in [6.07, 6.45) is 1.61. The minimum absolute atomic E-state index is 0.186. The average Bonchev–Trinajstić information content (AvgIpc) is 2.65.